The number of pyridine rings is 1. The fourth-order valence-electron chi connectivity index (χ4n) is 4.43. The molecule has 0 radical (unpaired) electrons. The number of hydrogen-bond donors (Lipinski definition) is 1. The number of anilines is 1. The van der Waals surface area contributed by atoms with Gasteiger partial charge in [0, 0.05) is 25.2 Å². The van der Waals surface area contributed by atoms with E-state index >= 15 is 0 Å². The van der Waals surface area contributed by atoms with Gasteiger partial charge in [-0.1, -0.05) is 30.3 Å². The molecular weight excluding hydrogens is 522 g/mol. The molecule has 0 bridgehead atoms. The summed E-state index contributed by atoms with van der Waals surface area (Å²) < 4.78 is 53.9. The van der Waals surface area contributed by atoms with E-state index < -0.39 is 29.0 Å². The number of fused-ring (bicyclic) bond motifs is 1. The number of alkyl halides is 3. The summed E-state index contributed by atoms with van der Waals surface area (Å²) in [6, 6.07) is 20.4. The lowest BCUT2D eigenvalue weighted by Gasteiger charge is -2.23. The summed E-state index contributed by atoms with van der Waals surface area (Å²) in [5, 5.41) is 3.90. The van der Waals surface area contributed by atoms with E-state index in [1.165, 1.54) is 11.2 Å². The molecule has 0 aliphatic carbocycles. The molecule has 1 N–H and O–H groups in total. The summed E-state index contributed by atoms with van der Waals surface area (Å²) in [4.78, 5) is 27.7. The maximum Gasteiger partial charge on any atom is 0.416 e. The van der Waals surface area contributed by atoms with Gasteiger partial charge in [-0.05, 0) is 65.2 Å². The molecule has 5 rings (SSSR count). The molecule has 0 atom stereocenters. The van der Waals surface area contributed by atoms with Crippen LogP contribution in [-0.2, 0) is 19.3 Å². The third kappa shape index (κ3) is 5.75. The van der Waals surface area contributed by atoms with E-state index in [0.29, 0.717) is 23.6 Å². The lowest BCUT2D eigenvalue weighted by atomic mass is 10.0. The van der Waals surface area contributed by atoms with Crippen molar-refractivity contribution in [1.29, 1.82) is 0 Å². The molecule has 10 heteroatoms. The van der Waals surface area contributed by atoms with Gasteiger partial charge in [0.05, 0.1) is 28.9 Å². The Morgan fingerprint density at radius 2 is 1.70 bits per heavy atom. The van der Waals surface area contributed by atoms with Gasteiger partial charge in [0.1, 0.15) is 18.0 Å². The minimum atomic E-state index is -4.72. The van der Waals surface area contributed by atoms with Crippen molar-refractivity contribution in [2.75, 3.05) is 12.4 Å². The maximum atomic E-state index is 14.8. The largest absolute Gasteiger partial charge is 0.416 e. The molecule has 0 spiro atoms. The molecule has 1 amide bonds. The van der Waals surface area contributed by atoms with Crippen molar-refractivity contribution < 1.29 is 22.4 Å². The number of benzene rings is 3. The van der Waals surface area contributed by atoms with Crippen LogP contribution in [0.4, 0.5) is 23.4 Å². The van der Waals surface area contributed by atoms with Crippen molar-refractivity contribution in [2.45, 2.75) is 19.3 Å². The number of carbonyl (C=O) groups is 1. The molecule has 0 aliphatic rings. The summed E-state index contributed by atoms with van der Waals surface area (Å²) >= 11 is 0. The minimum absolute atomic E-state index is 0.0310. The van der Waals surface area contributed by atoms with Gasteiger partial charge in [-0.15, -0.1) is 0 Å². The standard InChI is InChI=1S/C30H23F4N5O/c1-35-28-25-14-21(8-11-27(25)37-18-38-28)20-6-4-5-19(13-20)16-39(17-23-7-2-3-12-36-23)29(40)24-10-9-22(15-26(24)31)30(32,33)34/h2-15,18H,16-17H2,1H3,(H,35,37,38). The summed E-state index contributed by atoms with van der Waals surface area (Å²) in [7, 11) is 1.78. The lowest BCUT2D eigenvalue weighted by molar-refractivity contribution is -0.137. The minimum Gasteiger partial charge on any atom is -0.373 e. The molecule has 0 saturated carbocycles. The number of carbonyl (C=O) groups excluding carboxylic acids is 1. The highest BCUT2D eigenvalue weighted by atomic mass is 19.4. The second kappa shape index (κ2) is 11.1. The number of amides is 1. The van der Waals surface area contributed by atoms with Gasteiger partial charge in [0.25, 0.3) is 5.91 Å². The van der Waals surface area contributed by atoms with Crippen LogP contribution >= 0.6 is 0 Å². The van der Waals surface area contributed by atoms with E-state index in [1.807, 2.05) is 42.5 Å². The highest BCUT2D eigenvalue weighted by Gasteiger charge is 2.32. The van der Waals surface area contributed by atoms with Crippen molar-refractivity contribution in [3.05, 3.63) is 120 Å². The Morgan fingerprint density at radius 3 is 2.42 bits per heavy atom. The normalized spacial score (nSPS) is 11.4. The highest BCUT2D eigenvalue weighted by molar-refractivity contribution is 5.95. The van der Waals surface area contributed by atoms with Crippen molar-refractivity contribution >= 4 is 22.6 Å². The smallest absolute Gasteiger partial charge is 0.373 e. The molecular formula is C30H23F4N5O. The first-order valence-corrected chi connectivity index (χ1v) is 12.3. The van der Waals surface area contributed by atoms with Crippen LogP contribution in [0.1, 0.15) is 27.2 Å². The van der Waals surface area contributed by atoms with Crippen LogP contribution in [0, 0.1) is 5.82 Å². The average Bonchev–Trinajstić information content (AvgIpc) is 2.96. The number of halogens is 4. The SMILES string of the molecule is CNc1ncnc2ccc(-c3cccc(CN(Cc4ccccn4)C(=O)c4ccc(C(F)(F)F)cc4F)c3)cc12. The second-order valence-electron chi connectivity index (χ2n) is 9.08. The van der Waals surface area contributed by atoms with Gasteiger partial charge < -0.3 is 10.2 Å². The van der Waals surface area contributed by atoms with Gasteiger partial charge in [-0.3, -0.25) is 9.78 Å². The topological polar surface area (TPSA) is 71.0 Å². The number of nitrogens with one attached hydrogen (secondary N) is 1. The molecule has 2 aromatic heterocycles. The van der Waals surface area contributed by atoms with Gasteiger partial charge >= 0.3 is 6.18 Å². The van der Waals surface area contributed by atoms with Crippen molar-refractivity contribution in [2.24, 2.45) is 0 Å². The van der Waals surface area contributed by atoms with E-state index in [9.17, 15) is 22.4 Å². The van der Waals surface area contributed by atoms with Crippen LogP contribution in [0.15, 0.2) is 91.4 Å². The average molecular weight is 546 g/mol. The Bertz CT molecular complexity index is 1670. The van der Waals surface area contributed by atoms with Crippen LogP contribution in [0.5, 0.6) is 0 Å². The fraction of sp³-hybridized carbons (Fsp3) is 0.133. The van der Waals surface area contributed by atoms with Gasteiger partial charge in [-0.25, -0.2) is 14.4 Å². The van der Waals surface area contributed by atoms with E-state index in [4.69, 9.17) is 0 Å². The van der Waals surface area contributed by atoms with Crippen molar-refractivity contribution in [1.82, 2.24) is 19.9 Å². The second-order valence-corrected chi connectivity index (χ2v) is 9.08. The van der Waals surface area contributed by atoms with Gasteiger partial charge in [-0.2, -0.15) is 13.2 Å². The van der Waals surface area contributed by atoms with Crippen molar-refractivity contribution in [3.63, 3.8) is 0 Å². The van der Waals surface area contributed by atoms with E-state index in [1.54, 1.807) is 31.4 Å². The monoisotopic (exact) mass is 545 g/mol. The Balaban J connectivity index is 1.48. The van der Waals surface area contributed by atoms with Crippen LogP contribution in [0.2, 0.25) is 0 Å². The Labute approximate surface area is 227 Å². The van der Waals surface area contributed by atoms with Crippen LogP contribution in [0.3, 0.4) is 0 Å². The zero-order valence-corrected chi connectivity index (χ0v) is 21.3. The lowest BCUT2D eigenvalue weighted by Crippen LogP contribution is -2.31. The first kappa shape index (κ1) is 26.7. The Hall–Kier alpha value is -4.86. The summed E-state index contributed by atoms with van der Waals surface area (Å²) in [5.74, 6) is -1.30. The molecule has 0 unspecified atom stereocenters. The Kier molecular flexibility index (Phi) is 7.41. The molecule has 202 valence electrons. The molecule has 0 fully saturated rings. The number of nitrogens with zero attached hydrogens (tertiary/aromatic N) is 4. The summed E-state index contributed by atoms with van der Waals surface area (Å²) in [6.07, 6.45) is -1.67. The first-order chi connectivity index (χ1) is 19.2. The number of aromatic nitrogens is 3. The molecule has 0 aliphatic heterocycles. The quantitative estimate of drug-likeness (QED) is 0.230. The van der Waals surface area contributed by atoms with E-state index in [2.05, 4.69) is 20.3 Å². The fourth-order valence-corrected chi connectivity index (χ4v) is 4.43. The predicted octanol–water partition coefficient (Wildman–Crippen LogP) is 6.73. The van der Waals surface area contributed by atoms with E-state index in [-0.39, 0.29) is 13.1 Å². The zero-order chi connectivity index (χ0) is 28.3. The van der Waals surface area contributed by atoms with Crippen LogP contribution in [-0.4, -0.2) is 32.8 Å². The molecule has 5 aromatic rings. The number of rotatable bonds is 7. The van der Waals surface area contributed by atoms with Crippen LogP contribution in [0.25, 0.3) is 22.0 Å². The molecule has 40 heavy (non-hydrogen) atoms. The molecule has 2 heterocycles. The summed E-state index contributed by atoms with van der Waals surface area (Å²) in [5.41, 5.74) is 2.24. The highest BCUT2D eigenvalue weighted by Crippen LogP contribution is 2.31. The predicted molar refractivity (Wildman–Crippen MR) is 144 cm³/mol. The Morgan fingerprint density at radius 1 is 0.875 bits per heavy atom. The van der Waals surface area contributed by atoms with Crippen LogP contribution < -0.4 is 5.32 Å². The third-order valence-electron chi connectivity index (χ3n) is 6.40. The zero-order valence-electron chi connectivity index (χ0n) is 21.3. The van der Waals surface area contributed by atoms with E-state index in [0.717, 1.165) is 33.7 Å². The molecule has 3 aromatic carbocycles. The van der Waals surface area contributed by atoms with Crippen molar-refractivity contribution in [3.8, 4) is 11.1 Å². The van der Waals surface area contributed by atoms with Gasteiger partial charge in [0.2, 0.25) is 0 Å². The summed E-state index contributed by atoms with van der Waals surface area (Å²) in [6.45, 7) is 0.103. The first-order valence-electron chi connectivity index (χ1n) is 12.3. The third-order valence-corrected chi connectivity index (χ3v) is 6.40. The molecule has 0 saturated heterocycles. The van der Waals surface area contributed by atoms with Gasteiger partial charge in [0.15, 0.2) is 0 Å². The number of hydrogen-bond acceptors (Lipinski definition) is 5. The molecule has 6 nitrogen and oxygen atoms in total. The maximum absolute atomic E-state index is 14.8.